The van der Waals surface area contributed by atoms with E-state index in [0.29, 0.717) is 18.5 Å². The Labute approximate surface area is 117 Å². The van der Waals surface area contributed by atoms with Crippen molar-refractivity contribution < 1.29 is 14.0 Å². The predicted molar refractivity (Wildman–Crippen MR) is 72.7 cm³/mol. The van der Waals surface area contributed by atoms with Crippen LogP contribution in [-0.4, -0.2) is 23.4 Å². The molecule has 1 saturated heterocycles. The molecule has 0 aromatic heterocycles. The van der Waals surface area contributed by atoms with Crippen LogP contribution in [0.3, 0.4) is 0 Å². The first kappa shape index (κ1) is 13.1. The van der Waals surface area contributed by atoms with Crippen molar-refractivity contribution in [3.05, 3.63) is 30.1 Å². The molecule has 1 aliphatic carbocycles. The van der Waals surface area contributed by atoms with Crippen molar-refractivity contribution in [2.24, 2.45) is 0 Å². The molecule has 20 heavy (non-hydrogen) atoms. The lowest BCUT2D eigenvalue weighted by Crippen LogP contribution is -2.69. The summed E-state index contributed by atoms with van der Waals surface area (Å²) in [7, 11) is 0. The molecule has 1 saturated carbocycles. The van der Waals surface area contributed by atoms with Gasteiger partial charge in [0.1, 0.15) is 17.4 Å². The van der Waals surface area contributed by atoms with Crippen LogP contribution in [0.4, 0.5) is 10.1 Å². The van der Waals surface area contributed by atoms with Crippen LogP contribution in [0.25, 0.3) is 0 Å². The van der Waals surface area contributed by atoms with E-state index in [4.69, 9.17) is 0 Å². The van der Waals surface area contributed by atoms with Gasteiger partial charge in [0.05, 0.1) is 0 Å². The normalized spacial score (nSPS) is 25.1. The zero-order valence-electron chi connectivity index (χ0n) is 11.4. The molecule has 2 amide bonds. The van der Waals surface area contributed by atoms with Gasteiger partial charge in [-0.1, -0.05) is 12.8 Å². The number of nitrogens with one attached hydrogen (secondary N) is 1. The third-order valence-corrected chi connectivity index (χ3v) is 4.32. The van der Waals surface area contributed by atoms with E-state index in [2.05, 4.69) is 5.32 Å². The minimum absolute atomic E-state index is 0.0753. The molecule has 0 radical (unpaired) electrons. The Kier molecular flexibility index (Phi) is 3.00. The van der Waals surface area contributed by atoms with Crippen molar-refractivity contribution in [2.45, 2.75) is 44.2 Å². The standard InChI is InChI=1S/C15H17FN2O2/c1-10-13(19)17-15(8-2-3-9-15)14(20)18(10)12-6-4-11(16)5-7-12/h4-7,10H,2-3,8-9H2,1H3,(H,17,19). The molecular weight excluding hydrogens is 259 g/mol. The van der Waals surface area contributed by atoms with Gasteiger partial charge in [0, 0.05) is 5.69 Å². The molecule has 1 aliphatic heterocycles. The fourth-order valence-corrected chi connectivity index (χ4v) is 3.18. The first-order valence-electron chi connectivity index (χ1n) is 6.95. The van der Waals surface area contributed by atoms with Gasteiger partial charge >= 0.3 is 0 Å². The molecule has 1 aromatic rings. The van der Waals surface area contributed by atoms with E-state index >= 15 is 0 Å². The Bertz CT molecular complexity index is 549. The summed E-state index contributed by atoms with van der Waals surface area (Å²) in [5.41, 5.74) is -0.178. The van der Waals surface area contributed by atoms with Crippen LogP contribution >= 0.6 is 0 Å². The Morgan fingerprint density at radius 3 is 2.40 bits per heavy atom. The number of rotatable bonds is 1. The highest BCUT2D eigenvalue weighted by Gasteiger charge is 2.51. The van der Waals surface area contributed by atoms with Crippen molar-refractivity contribution >= 4 is 17.5 Å². The van der Waals surface area contributed by atoms with Gasteiger partial charge < -0.3 is 5.32 Å². The van der Waals surface area contributed by atoms with Crippen LogP contribution in [0.2, 0.25) is 0 Å². The molecule has 1 aromatic carbocycles. The first-order valence-corrected chi connectivity index (χ1v) is 6.95. The lowest BCUT2D eigenvalue weighted by Gasteiger charge is -2.43. The lowest BCUT2D eigenvalue weighted by molar-refractivity contribution is -0.137. The largest absolute Gasteiger partial charge is 0.340 e. The molecule has 1 heterocycles. The maximum Gasteiger partial charge on any atom is 0.253 e. The van der Waals surface area contributed by atoms with Crippen LogP contribution in [-0.2, 0) is 9.59 Å². The predicted octanol–water partition coefficient (Wildman–Crippen LogP) is 1.99. The zero-order valence-corrected chi connectivity index (χ0v) is 11.4. The van der Waals surface area contributed by atoms with Crippen LogP contribution < -0.4 is 10.2 Å². The second-order valence-electron chi connectivity index (χ2n) is 5.61. The molecule has 1 spiro atoms. The van der Waals surface area contributed by atoms with E-state index in [1.165, 1.54) is 17.0 Å². The molecule has 2 aliphatic rings. The van der Waals surface area contributed by atoms with E-state index in [-0.39, 0.29) is 17.6 Å². The number of carbonyl (C=O) groups is 2. The quantitative estimate of drug-likeness (QED) is 0.852. The van der Waals surface area contributed by atoms with Gasteiger partial charge in [-0.15, -0.1) is 0 Å². The van der Waals surface area contributed by atoms with E-state index in [1.54, 1.807) is 19.1 Å². The molecule has 4 nitrogen and oxygen atoms in total. The Morgan fingerprint density at radius 1 is 1.20 bits per heavy atom. The number of hydrogen-bond donors (Lipinski definition) is 1. The molecule has 3 rings (SSSR count). The Hall–Kier alpha value is -1.91. The Balaban J connectivity index is 2.00. The van der Waals surface area contributed by atoms with E-state index in [9.17, 15) is 14.0 Å². The molecular formula is C15H17FN2O2. The minimum atomic E-state index is -0.752. The van der Waals surface area contributed by atoms with Crippen molar-refractivity contribution in [1.82, 2.24) is 5.32 Å². The zero-order chi connectivity index (χ0) is 14.3. The molecule has 0 bridgehead atoms. The maximum atomic E-state index is 13.0. The molecule has 2 fully saturated rings. The van der Waals surface area contributed by atoms with Crippen LogP contribution in [0.5, 0.6) is 0 Å². The van der Waals surface area contributed by atoms with E-state index in [1.807, 2.05) is 0 Å². The van der Waals surface area contributed by atoms with Gasteiger partial charge in [-0.3, -0.25) is 14.5 Å². The topological polar surface area (TPSA) is 49.4 Å². The minimum Gasteiger partial charge on any atom is -0.340 e. The van der Waals surface area contributed by atoms with Gasteiger partial charge in [-0.2, -0.15) is 0 Å². The highest BCUT2D eigenvalue weighted by molar-refractivity contribution is 6.10. The number of hydrogen-bond acceptors (Lipinski definition) is 2. The van der Waals surface area contributed by atoms with Crippen molar-refractivity contribution in [3.8, 4) is 0 Å². The number of anilines is 1. The van der Waals surface area contributed by atoms with Crippen molar-refractivity contribution in [1.29, 1.82) is 0 Å². The third kappa shape index (κ3) is 1.88. The number of nitrogens with zero attached hydrogens (tertiary/aromatic N) is 1. The summed E-state index contributed by atoms with van der Waals surface area (Å²) in [6.45, 7) is 1.69. The molecule has 1 N–H and O–H groups in total. The average molecular weight is 276 g/mol. The monoisotopic (exact) mass is 276 g/mol. The lowest BCUT2D eigenvalue weighted by atomic mass is 9.90. The Morgan fingerprint density at radius 2 is 1.80 bits per heavy atom. The molecule has 106 valence electrons. The average Bonchev–Trinajstić information content (AvgIpc) is 2.89. The summed E-state index contributed by atoms with van der Waals surface area (Å²) < 4.78 is 13.0. The number of amides is 2. The summed E-state index contributed by atoms with van der Waals surface area (Å²) in [5.74, 6) is -0.574. The fraction of sp³-hybridized carbons (Fsp3) is 0.467. The van der Waals surface area contributed by atoms with Gasteiger partial charge in [0.25, 0.3) is 5.91 Å². The summed E-state index contributed by atoms with van der Waals surface area (Å²) in [5, 5.41) is 2.90. The highest BCUT2D eigenvalue weighted by atomic mass is 19.1. The highest BCUT2D eigenvalue weighted by Crippen LogP contribution is 2.36. The third-order valence-electron chi connectivity index (χ3n) is 4.32. The maximum absolute atomic E-state index is 13.0. The van der Waals surface area contributed by atoms with Gasteiger partial charge in [-0.25, -0.2) is 4.39 Å². The SMILES string of the molecule is CC1C(=O)NC2(CCCC2)C(=O)N1c1ccc(F)cc1. The molecule has 1 atom stereocenters. The van der Waals surface area contributed by atoms with E-state index in [0.717, 1.165) is 12.8 Å². The van der Waals surface area contributed by atoms with Crippen LogP contribution in [0, 0.1) is 5.82 Å². The fourth-order valence-electron chi connectivity index (χ4n) is 3.18. The smallest absolute Gasteiger partial charge is 0.253 e. The second kappa shape index (κ2) is 4.58. The van der Waals surface area contributed by atoms with Crippen LogP contribution in [0.15, 0.2) is 24.3 Å². The summed E-state index contributed by atoms with van der Waals surface area (Å²) >= 11 is 0. The van der Waals surface area contributed by atoms with Crippen molar-refractivity contribution in [3.63, 3.8) is 0 Å². The summed E-state index contributed by atoms with van der Waals surface area (Å²) in [4.78, 5) is 26.5. The number of piperazine rings is 1. The summed E-state index contributed by atoms with van der Waals surface area (Å²) in [6, 6.07) is 5.14. The van der Waals surface area contributed by atoms with Gasteiger partial charge in [0.15, 0.2) is 0 Å². The molecule has 1 unspecified atom stereocenters. The van der Waals surface area contributed by atoms with Crippen molar-refractivity contribution in [2.75, 3.05) is 4.90 Å². The molecule has 5 heteroatoms. The number of benzene rings is 1. The number of carbonyl (C=O) groups excluding carboxylic acids is 2. The first-order chi connectivity index (χ1) is 9.53. The van der Waals surface area contributed by atoms with E-state index < -0.39 is 11.6 Å². The second-order valence-corrected chi connectivity index (χ2v) is 5.61. The number of halogens is 1. The summed E-state index contributed by atoms with van der Waals surface area (Å²) in [6.07, 6.45) is 3.25. The van der Waals surface area contributed by atoms with Gasteiger partial charge in [0.2, 0.25) is 5.91 Å². The van der Waals surface area contributed by atoms with Crippen LogP contribution in [0.1, 0.15) is 32.6 Å². The van der Waals surface area contributed by atoms with Gasteiger partial charge in [-0.05, 0) is 44.0 Å².